The second-order valence-electron chi connectivity index (χ2n) is 3.29. The Labute approximate surface area is 63.4 Å². The number of hydrogen-bond acceptors (Lipinski definition) is 2. The maximum atomic E-state index is 3.40. The van der Waals surface area contributed by atoms with Crippen LogP contribution in [-0.2, 0) is 0 Å². The molecule has 1 aliphatic rings. The first-order chi connectivity index (χ1) is 4.84. The van der Waals surface area contributed by atoms with Crippen molar-refractivity contribution in [2.24, 2.45) is 11.8 Å². The van der Waals surface area contributed by atoms with Crippen LogP contribution in [0.5, 0.6) is 0 Å². The molecule has 1 fully saturated rings. The largest absolute Gasteiger partial charge is 0.319 e. The molecule has 0 spiro atoms. The molecule has 2 nitrogen and oxygen atoms in total. The highest BCUT2D eigenvalue weighted by atomic mass is 14.9. The predicted octanol–water partition coefficient (Wildman–Crippen LogP) is 0.451. The topological polar surface area (TPSA) is 24.1 Å². The van der Waals surface area contributed by atoms with Gasteiger partial charge in [0, 0.05) is 0 Å². The van der Waals surface area contributed by atoms with E-state index in [1.54, 1.807) is 0 Å². The van der Waals surface area contributed by atoms with E-state index in [1.807, 2.05) is 7.05 Å². The highest BCUT2D eigenvalue weighted by Crippen LogP contribution is 2.16. The molecule has 2 heteroatoms. The van der Waals surface area contributed by atoms with Crippen LogP contribution in [0, 0.1) is 11.8 Å². The van der Waals surface area contributed by atoms with Crippen molar-refractivity contribution in [3.8, 4) is 0 Å². The second-order valence-corrected chi connectivity index (χ2v) is 3.29. The molecule has 0 saturated carbocycles. The molecule has 0 aromatic heterocycles. The van der Waals surface area contributed by atoms with Gasteiger partial charge in [-0.2, -0.15) is 0 Å². The van der Waals surface area contributed by atoms with E-state index in [0.29, 0.717) is 0 Å². The fourth-order valence-electron chi connectivity index (χ4n) is 1.63. The second kappa shape index (κ2) is 3.94. The first-order valence-corrected chi connectivity index (χ1v) is 4.20. The molecule has 1 heterocycles. The Bertz CT molecular complexity index is 91.3. The Morgan fingerprint density at radius 2 is 2.40 bits per heavy atom. The van der Waals surface area contributed by atoms with Crippen molar-refractivity contribution in [3.63, 3.8) is 0 Å². The molecule has 1 saturated heterocycles. The highest BCUT2D eigenvalue weighted by Gasteiger charge is 2.19. The van der Waals surface area contributed by atoms with Gasteiger partial charge < -0.3 is 10.6 Å². The molecule has 10 heavy (non-hydrogen) atoms. The summed E-state index contributed by atoms with van der Waals surface area (Å²) in [6.45, 7) is 5.92. The molecule has 0 bridgehead atoms. The van der Waals surface area contributed by atoms with Crippen LogP contribution in [-0.4, -0.2) is 26.7 Å². The van der Waals surface area contributed by atoms with E-state index in [4.69, 9.17) is 0 Å². The highest BCUT2D eigenvalue weighted by molar-refractivity contribution is 4.75. The Morgan fingerprint density at radius 3 is 3.00 bits per heavy atom. The van der Waals surface area contributed by atoms with Crippen LogP contribution >= 0.6 is 0 Å². The van der Waals surface area contributed by atoms with E-state index in [1.165, 1.54) is 26.1 Å². The average Bonchev–Trinajstić information content (AvgIpc) is 1.94. The summed E-state index contributed by atoms with van der Waals surface area (Å²) in [6.07, 6.45) is 1.34. The monoisotopic (exact) mass is 142 g/mol. The van der Waals surface area contributed by atoms with Crippen LogP contribution in [0.25, 0.3) is 0 Å². The van der Waals surface area contributed by atoms with Crippen LogP contribution in [0.15, 0.2) is 0 Å². The zero-order valence-corrected chi connectivity index (χ0v) is 6.98. The zero-order chi connectivity index (χ0) is 7.40. The van der Waals surface area contributed by atoms with Gasteiger partial charge in [0.2, 0.25) is 0 Å². The van der Waals surface area contributed by atoms with Gasteiger partial charge in [0.25, 0.3) is 0 Å². The number of nitrogens with one attached hydrogen (secondary N) is 2. The van der Waals surface area contributed by atoms with E-state index in [0.717, 1.165) is 11.8 Å². The molecule has 2 N–H and O–H groups in total. The van der Waals surface area contributed by atoms with Crippen LogP contribution in [0.3, 0.4) is 0 Å². The third kappa shape index (κ3) is 1.96. The number of hydrogen-bond donors (Lipinski definition) is 2. The van der Waals surface area contributed by atoms with Crippen LogP contribution in [0.4, 0.5) is 0 Å². The van der Waals surface area contributed by atoms with Gasteiger partial charge >= 0.3 is 0 Å². The fraction of sp³-hybridized carbons (Fsp3) is 1.00. The molecule has 2 atom stereocenters. The number of rotatable bonds is 2. The molecule has 1 rings (SSSR count). The molecular weight excluding hydrogens is 124 g/mol. The SMILES string of the molecule is CNCC1CCNCC1C. The number of piperidine rings is 1. The van der Waals surface area contributed by atoms with Crippen molar-refractivity contribution in [1.29, 1.82) is 0 Å². The Morgan fingerprint density at radius 1 is 1.60 bits per heavy atom. The van der Waals surface area contributed by atoms with Crippen molar-refractivity contribution < 1.29 is 0 Å². The Balaban J connectivity index is 2.25. The Kier molecular flexibility index (Phi) is 3.16. The van der Waals surface area contributed by atoms with Crippen LogP contribution < -0.4 is 10.6 Å². The molecule has 60 valence electrons. The average molecular weight is 142 g/mol. The van der Waals surface area contributed by atoms with E-state index in [2.05, 4.69) is 17.6 Å². The summed E-state index contributed by atoms with van der Waals surface area (Å²) in [6, 6.07) is 0. The summed E-state index contributed by atoms with van der Waals surface area (Å²) < 4.78 is 0. The van der Waals surface area contributed by atoms with Gasteiger partial charge in [-0.05, 0) is 44.9 Å². The minimum atomic E-state index is 0.848. The minimum absolute atomic E-state index is 0.848. The van der Waals surface area contributed by atoms with Crippen LogP contribution in [0.2, 0.25) is 0 Å². The van der Waals surface area contributed by atoms with Crippen LogP contribution in [0.1, 0.15) is 13.3 Å². The van der Waals surface area contributed by atoms with Crippen molar-refractivity contribution in [2.75, 3.05) is 26.7 Å². The summed E-state index contributed by atoms with van der Waals surface area (Å²) >= 11 is 0. The molecule has 0 aliphatic carbocycles. The van der Waals surface area contributed by atoms with Gasteiger partial charge in [-0.1, -0.05) is 6.92 Å². The van der Waals surface area contributed by atoms with Crippen molar-refractivity contribution >= 4 is 0 Å². The van der Waals surface area contributed by atoms with Crippen molar-refractivity contribution in [2.45, 2.75) is 13.3 Å². The maximum Gasteiger partial charge on any atom is -0.00200 e. The first-order valence-electron chi connectivity index (χ1n) is 4.20. The van der Waals surface area contributed by atoms with E-state index < -0.39 is 0 Å². The van der Waals surface area contributed by atoms with Gasteiger partial charge in [0.15, 0.2) is 0 Å². The smallest absolute Gasteiger partial charge is 0.00200 e. The van der Waals surface area contributed by atoms with E-state index in [9.17, 15) is 0 Å². The summed E-state index contributed by atoms with van der Waals surface area (Å²) in [7, 11) is 2.04. The fourth-order valence-corrected chi connectivity index (χ4v) is 1.63. The quantitative estimate of drug-likeness (QED) is 0.585. The summed E-state index contributed by atoms with van der Waals surface area (Å²) in [5.74, 6) is 1.74. The van der Waals surface area contributed by atoms with E-state index >= 15 is 0 Å². The van der Waals surface area contributed by atoms with Gasteiger partial charge in [0.05, 0.1) is 0 Å². The molecule has 2 unspecified atom stereocenters. The minimum Gasteiger partial charge on any atom is -0.319 e. The summed E-state index contributed by atoms with van der Waals surface area (Å²) in [5.41, 5.74) is 0. The summed E-state index contributed by atoms with van der Waals surface area (Å²) in [4.78, 5) is 0. The van der Waals surface area contributed by atoms with E-state index in [-0.39, 0.29) is 0 Å². The third-order valence-corrected chi connectivity index (χ3v) is 2.43. The lowest BCUT2D eigenvalue weighted by molar-refractivity contribution is 0.269. The molecule has 0 aromatic rings. The molecule has 0 aromatic carbocycles. The van der Waals surface area contributed by atoms with Crippen molar-refractivity contribution in [1.82, 2.24) is 10.6 Å². The van der Waals surface area contributed by atoms with Gasteiger partial charge in [-0.25, -0.2) is 0 Å². The predicted molar refractivity (Wildman–Crippen MR) is 44.1 cm³/mol. The Hall–Kier alpha value is -0.0800. The molecular formula is C8H18N2. The molecule has 0 radical (unpaired) electrons. The molecule has 1 aliphatic heterocycles. The lowest BCUT2D eigenvalue weighted by Gasteiger charge is -2.29. The third-order valence-electron chi connectivity index (χ3n) is 2.43. The van der Waals surface area contributed by atoms with Gasteiger partial charge in [-0.15, -0.1) is 0 Å². The normalized spacial score (nSPS) is 34.2. The summed E-state index contributed by atoms with van der Waals surface area (Å²) in [5, 5.41) is 6.64. The van der Waals surface area contributed by atoms with Gasteiger partial charge in [-0.3, -0.25) is 0 Å². The standard InChI is InChI=1S/C8H18N2/c1-7-5-10-4-3-8(7)6-9-2/h7-10H,3-6H2,1-2H3. The van der Waals surface area contributed by atoms with Crippen molar-refractivity contribution in [3.05, 3.63) is 0 Å². The molecule has 0 amide bonds. The zero-order valence-electron chi connectivity index (χ0n) is 6.98. The first kappa shape index (κ1) is 8.02. The van der Waals surface area contributed by atoms with Gasteiger partial charge in [0.1, 0.15) is 0 Å². The lowest BCUT2D eigenvalue weighted by atomic mass is 9.88. The maximum absolute atomic E-state index is 3.40. The lowest BCUT2D eigenvalue weighted by Crippen LogP contribution is -2.39.